The summed E-state index contributed by atoms with van der Waals surface area (Å²) in [5, 5.41) is 9.31. The first-order valence-electron chi connectivity index (χ1n) is 26.6. The highest BCUT2D eigenvalue weighted by Gasteiger charge is 2.34. The average molecular weight is 1100 g/mol. The first-order chi connectivity index (χ1) is 38.5. The number of hydrogen-bond acceptors (Lipinski definition) is 11. The Morgan fingerprint density at radius 2 is 1.40 bits per heavy atom. The van der Waals surface area contributed by atoms with Crippen LogP contribution >= 0.6 is 0 Å². The summed E-state index contributed by atoms with van der Waals surface area (Å²) < 4.78 is 60.5. The second kappa shape index (κ2) is 25.9. The maximum absolute atomic E-state index is 14.4. The molecular formula is C64H69N5O10S. The molecule has 0 spiro atoms. The fraction of sp³-hybridized carbons (Fsp3) is 0.281. The molecule has 80 heavy (non-hydrogen) atoms. The zero-order valence-corrected chi connectivity index (χ0v) is 46.9. The number of benzene rings is 7. The van der Waals surface area contributed by atoms with Crippen LogP contribution in [0.25, 0.3) is 38.7 Å². The fourth-order valence-corrected chi connectivity index (χ4v) is 11.5. The zero-order chi connectivity index (χ0) is 57.0. The van der Waals surface area contributed by atoms with Crippen molar-refractivity contribution in [2.45, 2.75) is 89.3 Å². The Hall–Kier alpha value is -8.63. The molecule has 1 aliphatic rings. The standard InChI is InChI=1S/C64H69N5O10S/c1-8-37-76-48-30-26-45(27-31-48)39-53(62(72)75-7)68-61(71)52(25-16-36-66-63(65)69-80(73,74)60-42(3)41(2)59-49(43(60)4)34-35-64(5,6)79-59)67-56(70)40-78-55-33-29-47-22-13-15-24-51(47)58(55)57-50-23-14-12-21-46(50)28-32-54(57)77-38-17-20-44-18-10-9-11-19-44/h8-15,17-24,26-33,52-53H,1,16,25,34-40H2,2-7H3,(H,67,70)(H,68,71)(H3,65,66,69)/b20-17+/t52-,53+/m1/s1. The van der Waals surface area contributed by atoms with Crippen molar-refractivity contribution in [1.29, 1.82) is 0 Å². The van der Waals surface area contributed by atoms with Crippen molar-refractivity contribution < 1.29 is 46.5 Å². The molecule has 8 rings (SSSR count). The molecule has 1 aliphatic heterocycles. The SMILES string of the molecule is C=CCOc1ccc(C[C@H](NC(=O)[C@@H](CCCN=C(N)NS(=O)(=O)c2c(C)c(C)c3c(c2C)CCC(C)(C)O3)NC(=O)COc2ccc3ccccc3c2-c2c(OC/C=C/c3ccccc3)ccc3ccccc23)C(=O)OC)cc1. The highest BCUT2D eigenvalue weighted by molar-refractivity contribution is 7.90. The molecule has 416 valence electrons. The highest BCUT2D eigenvalue weighted by atomic mass is 32.2. The van der Waals surface area contributed by atoms with Gasteiger partial charge in [-0.05, 0) is 146 Å². The number of sulfonamides is 1. The molecule has 0 aromatic heterocycles. The van der Waals surface area contributed by atoms with Crippen LogP contribution in [0.1, 0.15) is 66.5 Å². The van der Waals surface area contributed by atoms with Gasteiger partial charge >= 0.3 is 5.97 Å². The molecule has 7 aromatic carbocycles. The number of nitrogens with two attached hydrogens (primary N) is 1. The second-order valence-corrected chi connectivity index (χ2v) is 21.9. The lowest BCUT2D eigenvalue weighted by Crippen LogP contribution is -2.53. The van der Waals surface area contributed by atoms with Gasteiger partial charge in [-0.3, -0.25) is 14.6 Å². The molecule has 7 aromatic rings. The molecule has 0 aliphatic carbocycles. The van der Waals surface area contributed by atoms with Crippen molar-refractivity contribution >= 4 is 61.4 Å². The number of rotatable bonds is 23. The summed E-state index contributed by atoms with van der Waals surface area (Å²) in [6.45, 7) is 13.1. The van der Waals surface area contributed by atoms with E-state index in [0.717, 1.165) is 50.2 Å². The van der Waals surface area contributed by atoms with Gasteiger partial charge in [-0.2, -0.15) is 0 Å². The quantitative estimate of drug-likeness (QED) is 0.0156. The van der Waals surface area contributed by atoms with Crippen LogP contribution in [0.3, 0.4) is 0 Å². The van der Waals surface area contributed by atoms with E-state index in [4.69, 9.17) is 29.4 Å². The lowest BCUT2D eigenvalue weighted by Gasteiger charge is -2.35. The Bertz CT molecular complexity index is 3580. The topological polar surface area (TPSA) is 206 Å². The van der Waals surface area contributed by atoms with Crippen LogP contribution < -0.4 is 40.0 Å². The summed E-state index contributed by atoms with van der Waals surface area (Å²) in [4.78, 5) is 46.3. The number of methoxy groups -OCH3 is 1. The van der Waals surface area contributed by atoms with Gasteiger partial charge < -0.3 is 40.1 Å². The third-order valence-electron chi connectivity index (χ3n) is 14.1. The van der Waals surface area contributed by atoms with Gasteiger partial charge in [0.1, 0.15) is 53.9 Å². The first kappa shape index (κ1) is 57.5. The number of hydrogen-bond donors (Lipinski definition) is 4. The summed E-state index contributed by atoms with van der Waals surface area (Å²) in [5.41, 5.74) is 11.8. The van der Waals surface area contributed by atoms with Crippen molar-refractivity contribution in [3.05, 3.63) is 180 Å². The average Bonchev–Trinajstić information content (AvgIpc) is 3.63. The van der Waals surface area contributed by atoms with Gasteiger partial charge in [0.15, 0.2) is 6.61 Å². The molecule has 16 heteroatoms. The number of aliphatic imine (C=N–C) groups is 1. The Morgan fingerprint density at radius 1 is 0.762 bits per heavy atom. The fourth-order valence-electron chi connectivity index (χ4n) is 9.98. The number of amides is 2. The minimum Gasteiger partial charge on any atom is -0.490 e. The number of nitrogens with one attached hydrogen (secondary N) is 3. The maximum atomic E-state index is 14.4. The summed E-state index contributed by atoms with van der Waals surface area (Å²) >= 11 is 0. The molecule has 1 heterocycles. The van der Waals surface area contributed by atoms with Crippen LogP contribution in [-0.4, -0.2) is 83.3 Å². The van der Waals surface area contributed by atoms with Crippen molar-refractivity contribution in [2.24, 2.45) is 10.7 Å². The number of fused-ring (bicyclic) bond motifs is 3. The number of carbonyl (C=O) groups is 3. The van der Waals surface area contributed by atoms with Gasteiger partial charge in [-0.25, -0.2) is 17.9 Å². The molecule has 5 N–H and O–H groups in total. The smallest absolute Gasteiger partial charge is 0.328 e. The summed E-state index contributed by atoms with van der Waals surface area (Å²) in [5.74, 6) is -0.0565. The van der Waals surface area contributed by atoms with Crippen molar-refractivity contribution in [2.75, 3.05) is 33.5 Å². The van der Waals surface area contributed by atoms with Crippen LogP contribution in [0.15, 0.2) is 156 Å². The lowest BCUT2D eigenvalue weighted by atomic mass is 9.88. The van der Waals surface area contributed by atoms with E-state index in [1.165, 1.54) is 7.11 Å². The largest absolute Gasteiger partial charge is 0.490 e. The third-order valence-corrected chi connectivity index (χ3v) is 15.8. The first-order valence-corrected chi connectivity index (χ1v) is 28.1. The molecule has 0 bridgehead atoms. The van der Waals surface area contributed by atoms with Crippen molar-refractivity contribution in [3.8, 4) is 34.1 Å². The normalized spacial score (nSPS) is 13.8. The zero-order valence-electron chi connectivity index (χ0n) is 46.1. The van der Waals surface area contributed by atoms with E-state index in [2.05, 4.69) is 26.9 Å². The molecule has 0 saturated carbocycles. The van der Waals surface area contributed by atoms with Gasteiger partial charge in [-0.15, -0.1) is 0 Å². The van der Waals surface area contributed by atoms with Crippen LogP contribution in [-0.2, 0) is 42.0 Å². The molecule has 2 amide bonds. The van der Waals surface area contributed by atoms with Gasteiger partial charge in [0, 0.05) is 24.1 Å². The second-order valence-electron chi connectivity index (χ2n) is 20.3. The van der Waals surface area contributed by atoms with E-state index >= 15 is 0 Å². The van der Waals surface area contributed by atoms with Crippen LogP contribution in [0.2, 0.25) is 0 Å². The lowest BCUT2D eigenvalue weighted by molar-refractivity contribution is -0.145. The van der Waals surface area contributed by atoms with E-state index in [9.17, 15) is 22.8 Å². The number of esters is 1. The van der Waals surface area contributed by atoms with Crippen LogP contribution in [0.5, 0.6) is 23.0 Å². The van der Waals surface area contributed by atoms with E-state index < -0.39 is 46.5 Å². The summed E-state index contributed by atoms with van der Waals surface area (Å²) in [6.07, 6.45) is 7.17. The minimum atomic E-state index is -4.20. The van der Waals surface area contributed by atoms with Crippen LogP contribution in [0, 0.1) is 20.8 Å². The Labute approximate surface area is 468 Å². The third kappa shape index (κ3) is 14.0. The maximum Gasteiger partial charge on any atom is 0.328 e. The van der Waals surface area contributed by atoms with E-state index in [1.54, 1.807) is 44.2 Å². The van der Waals surface area contributed by atoms with Gasteiger partial charge in [-0.1, -0.05) is 122 Å². The Balaban J connectivity index is 1.03. The number of guanidine groups is 1. The molecule has 0 saturated heterocycles. The number of carbonyl (C=O) groups excluding carboxylic acids is 3. The minimum absolute atomic E-state index is 0.000433. The predicted octanol–water partition coefficient (Wildman–Crippen LogP) is 10.2. The van der Waals surface area contributed by atoms with Crippen LogP contribution in [0.4, 0.5) is 0 Å². The monoisotopic (exact) mass is 1100 g/mol. The Kier molecular flexibility index (Phi) is 18.6. The molecular weight excluding hydrogens is 1030 g/mol. The molecule has 0 unspecified atom stereocenters. The molecule has 0 radical (unpaired) electrons. The van der Waals surface area contributed by atoms with Gasteiger partial charge in [0.2, 0.25) is 11.9 Å². The van der Waals surface area contributed by atoms with Crippen molar-refractivity contribution in [3.63, 3.8) is 0 Å². The molecule has 15 nitrogen and oxygen atoms in total. The summed E-state index contributed by atoms with van der Waals surface area (Å²) in [6, 6.07) is 38.2. The summed E-state index contributed by atoms with van der Waals surface area (Å²) in [7, 11) is -2.97. The Morgan fingerprint density at radius 3 is 2.05 bits per heavy atom. The van der Waals surface area contributed by atoms with E-state index in [0.29, 0.717) is 58.3 Å². The van der Waals surface area contributed by atoms with Gasteiger partial charge in [0.05, 0.1) is 12.0 Å². The number of ether oxygens (including phenoxy) is 5. The van der Waals surface area contributed by atoms with E-state index in [-0.39, 0.29) is 48.9 Å². The molecule has 0 fully saturated rings. The predicted molar refractivity (Wildman–Crippen MR) is 315 cm³/mol. The number of nitrogens with zero attached hydrogens (tertiary/aromatic N) is 1. The molecule has 2 atom stereocenters. The van der Waals surface area contributed by atoms with Gasteiger partial charge in [0.25, 0.3) is 15.9 Å². The van der Waals surface area contributed by atoms with E-state index in [1.807, 2.05) is 136 Å². The highest BCUT2D eigenvalue weighted by Crippen LogP contribution is 2.46. The van der Waals surface area contributed by atoms with Crippen molar-refractivity contribution in [1.82, 2.24) is 15.4 Å².